The Balaban J connectivity index is 1.43. The third kappa shape index (κ3) is 4.41. The Morgan fingerprint density at radius 3 is 2.50 bits per heavy atom. The molecule has 0 radical (unpaired) electrons. The standard InChI is InChI=1S/C23H19FN2O4/c1-15-5-10-20(21(24)11-15)18-4-2-3-17(12-18)14-29-19-8-6-16(7-9-19)13-26-22(27)25-23(28)30-26/h2-12H,13-14H2,1H3,(H,25,27,28). The van der Waals surface area contributed by atoms with Crippen molar-refractivity contribution in [3.05, 3.63) is 110 Å². The summed E-state index contributed by atoms with van der Waals surface area (Å²) in [7, 11) is 0. The lowest BCUT2D eigenvalue weighted by molar-refractivity contribution is 0.258. The van der Waals surface area contributed by atoms with Gasteiger partial charge in [-0.1, -0.05) is 42.5 Å². The van der Waals surface area contributed by atoms with Gasteiger partial charge in [0.2, 0.25) is 0 Å². The molecule has 4 aromatic rings. The van der Waals surface area contributed by atoms with Crippen LogP contribution in [-0.2, 0) is 13.2 Å². The molecular weight excluding hydrogens is 387 g/mol. The van der Waals surface area contributed by atoms with Crippen molar-refractivity contribution in [1.82, 2.24) is 9.72 Å². The van der Waals surface area contributed by atoms with Crippen LogP contribution in [0.5, 0.6) is 5.75 Å². The SMILES string of the molecule is Cc1ccc(-c2cccc(COc3ccc(Cn4oc(=O)[nH]c4=O)cc3)c2)c(F)c1. The summed E-state index contributed by atoms with van der Waals surface area (Å²) < 4.78 is 25.8. The third-order valence-electron chi connectivity index (χ3n) is 4.65. The van der Waals surface area contributed by atoms with E-state index in [1.807, 2.05) is 42.2 Å². The molecule has 0 bridgehead atoms. The normalized spacial score (nSPS) is 10.9. The largest absolute Gasteiger partial charge is 0.489 e. The lowest BCUT2D eigenvalue weighted by Crippen LogP contribution is -2.17. The summed E-state index contributed by atoms with van der Waals surface area (Å²) in [4.78, 5) is 24.6. The van der Waals surface area contributed by atoms with E-state index in [9.17, 15) is 14.0 Å². The van der Waals surface area contributed by atoms with Gasteiger partial charge >= 0.3 is 11.4 Å². The maximum Gasteiger partial charge on any atom is 0.440 e. The van der Waals surface area contributed by atoms with Gasteiger partial charge in [0.1, 0.15) is 18.2 Å². The number of H-pyrrole nitrogens is 1. The van der Waals surface area contributed by atoms with Crippen LogP contribution in [0.2, 0.25) is 0 Å². The number of nitrogens with one attached hydrogen (secondary N) is 1. The molecule has 0 atom stereocenters. The van der Waals surface area contributed by atoms with Gasteiger partial charge in [0, 0.05) is 5.56 Å². The summed E-state index contributed by atoms with van der Waals surface area (Å²) in [6.07, 6.45) is 0. The molecular formula is C23H19FN2O4. The van der Waals surface area contributed by atoms with Gasteiger partial charge in [0.05, 0.1) is 6.54 Å². The van der Waals surface area contributed by atoms with Gasteiger partial charge in [0.15, 0.2) is 0 Å². The third-order valence-corrected chi connectivity index (χ3v) is 4.65. The van der Waals surface area contributed by atoms with Gasteiger partial charge in [0.25, 0.3) is 0 Å². The minimum Gasteiger partial charge on any atom is -0.489 e. The number of aromatic nitrogens is 2. The summed E-state index contributed by atoms with van der Waals surface area (Å²) in [5.74, 6) is -0.387. The molecule has 0 saturated carbocycles. The van der Waals surface area contributed by atoms with E-state index in [0.29, 0.717) is 17.9 Å². The molecule has 4 rings (SSSR count). The van der Waals surface area contributed by atoms with E-state index in [0.717, 1.165) is 27.0 Å². The van der Waals surface area contributed by atoms with Gasteiger partial charge < -0.3 is 9.26 Å². The molecule has 1 heterocycles. The van der Waals surface area contributed by atoms with Crippen molar-refractivity contribution >= 4 is 0 Å². The smallest absolute Gasteiger partial charge is 0.440 e. The molecule has 0 aliphatic carbocycles. The first-order valence-electron chi connectivity index (χ1n) is 9.35. The van der Waals surface area contributed by atoms with Crippen molar-refractivity contribution in [3.63, 3.8) is 0 Å². The monoisotopic (exact) mass is 406 g/mol. The molecule has 1 N–H and O–H groups in total. The fourth-order valence-electron chi connectivity index (χ4n) is 3.12. The molecule has 6 nitrogen and oxygen atoms in total. The van der Waals surface area contributed by atoms with Crippen LogP contribution in [0.3, 0.4) is 0 Å². The lowest BCUT2D eigenvalue weighted by atomic mass is 10.0. The highest BCUT2D eigenvalue weighted by Crippen LogP contribution is 2.25. The van der Waals surface area contributed by atoms with Gasteiger partial charge in [-0.15, -0.1) is 4.74 Å². The van der Waals surface area contributed by atoms with Gasteiger partial charge in [-0.2, -0.15) is 0 Å². The van der Waals surface area contributed by atoms with Crippen LogP contribution < -0.4 is 16.2 Å². The molecule has 7 heteroatoms. The quantitative estimate of drug-likeness (QED) is 0.527. The minimum absolute atomic E-state index is 0.141. The number of nitrogens with zero attached hydrogens (tertiary/aromatic N) is 1. The number of halogens is 1. The molecule has 0 aliphatic heterocycles. The minimum atomic E-state index is -0.785. The molecule has 1 aromatic heterocycles. The van der Waals surface area contributed by atoms with Crippen LogP contribution in [0.4, 0.5) is 4.39 Å². The number of hydrogen-bond acceptors (Lipinski definition) is 4. The van der Waals surface area contributed by atoms with E-state index < -0.39 is 11.4 Å². The van der Waals surface area contributed by atoms with Gasteiger partial charge in [-0.25, -0.2) is 19.0 Å². The molecule has 3 aromatic carbocycles. The zero-order valence-corrected chi connectivity index (χ0v) is 16.2. The lowest BCUT2D eigenvalue weighted by Gasteiger charge is -2.10. The van der Waals surface area contributed by atoms with E-state index >= 15 is 0 Å². The maximum absolute atomic E-state index is 14.3. The van der Waals surface area contributed by atoms with Crippen molar-refractivity contribution in [2.75, 3.05) is 0 Å². The molecule has 0 amide bonds. The highest BCUT2D eigenvalue weighted by Gasteiger charge is 2.07. The summed E-state index contributed by atoms with van der Waals surface area (Å²) >= 11 is 0. The molecule has 0 saturated heterocycles. The Bertz CT molecular complexity index is 1290. The number of hydrogen-bond donors (Lipinski definition) is 1. The Labute approximate surface area is 171 Å². The van der Waals surface area contributed by atoms with Crippen LogP contribution in [0.15, 0.2) is 80.8 Å². The number of aryl methyl sites for hydroxylation is 1. The maximum atomic E-state index is 14.3. The van der Waals surface area contributed by atoms with Crippen molar-refractivity contribution < 1.29 is 13.7 Å². The van der Waals surface area contributed by atoms with E-state index in [1.165, 1.54) is 6.07 Å². The van der Waals surface area contributed by atoms with E-state index in [-0.39, 0.29) is 12.4 Å². The van der Waals surface area contributed by atoms with Crippen molar-refractivity contribution in [2.45, 2.75) is 20.1 Å². The molecule has 30 heavy (non-hydrogen) atoms. The predicted octanol–water partition coefficient (Wildman–Crippen LogP) is 3.87. The molecule has 0 fully saturated rings. The first-order chi connectivity index (χ1) is 14.5. The number of benzene rings is 3. The fourth-order valence-corrected chi connectivity index (χ4v) is 3.12. The molecule has 0 unspecified atom stereocenters. The molecule has 0 spiro atoms. The number of aromatic amines is 1. The highest BCUT2D eigenvalue weighted by molar-refractivity contribution is 5.65. The highest BCUT2D eigenvalue weighted by atomic mass is 19.1. The van der Waals surface area contributed by atoms with Crippen molar-refractivity contribution in [1.29, 1.82) is 0 Å². The van der Waals surface area contributed by atoms with Crippen molar-refractivity contribution in [2.24, 2.45) is 0 Å². The second kappa shape index (κ2) is 8.24. The van der Waals surface area contributed by atoms with Gasteiger partial charge in [-0.3, -0.25) is 0 Å². The zero-order chi connectivity index (χ0) is 21.1. The Morgan fingerprint density at radius 2 is 1.80 bits per heavy atom. The van der Waals surface area contributed by atoms with Crippen LogP contribution >= 0.6 is 0 Å². The van der Waals surface area contributed by atoms with E-state index in [2.05, 4.69) is 0 Å². The van der Waals surface area contributed by atoms with Crippen LogP contribution in [0, 0.1) is 12.7 Å². The van der Waals surface area contributed by atoms with E-state index in [4.69, 9.17) is 9.26 Å². The van der Waals surface area contributed by atoms with E-state index in [1.54, 1.807) is 30.3 Å². The summed E-state index contributed by atoms with van der Waals surface area (Å²) in [6.45, 7) is 2.32. The topological polar surface area (TPSA) is 77.2 Å². The average molecular weight is 406 g/mol. The summed E-state index contributed by atoms with van der Waals surface area (Å²) in [5, 5.41) is 0. The van der Waals surface area contributed by atoms with Crippen LogP contribution in [-0.4, -0.2) is 9.72 Å². The van der Waals surface area contributed by atoms with Crippen molar-refractivity contribution in [3.8, 4) is 16.9 Å². The number of ether oxygens (including phenoxy) is 1. The second-order valence-corrected chi connectivity index (χ2v) is 6.96. The zero-order valence-electron chi connectivity index (χ0n) is 16.2. The Hall–Kier alpha value is -3.87. The van der Waals surface area contributed by atoms with Gasteiger partial charge in [-0.05, 0) is 53.4 Å². The Morgan fingerprint density at radius 1 is 1.00 bits per heavy atom. The van der Waals surface area contributed by atoms with Crippen LogP contribution in [0.25, 0.3) is 11.1 Å². The first-order valence-corrected chi connectivity index (χ1v) is 9.35. The summed E-state index contributed by atoms with van der Waals surface area (Å²) in [6, 6.07) is 19.9. The first kappa shape index (κ1) is 19.4. The predicted molar refractivity (Wildman–Crippen MR) is 110 cm³/mol. The average Bonchev–Trinajstić information content (AvgIpc) is 3.04. The summed E-state index contributed by atoms with van der Waals surface area (Å²) in [5.41, 5.74) is 3.33. The number of rotatable bonds is 6. The fraction of sp³-hybridized carbons (Fsp3) is 0.130. The second-order valence-electron chi connectivity index (χ2n) is 6.96. The molecule has 0 aliphatic rings. The Kier molecular flexibility index (Phi) is 5.34. The van der Waals surface area contributed by atoms with Crippen LogP contribution in [0.1, 0.15) is 16.7 Å². The molecule has 152 valence electrons.